The third-order valence-electron chi connectivity index (χ3n) is 5.25. The number of rotatable bonds is 7. The summed E-state index contributed by atoms with van der Waals surface area (Å²) in [4.78, 5) is 24.3. The van der Waals surface area contributed by atoms with E-state index in [0.29, 0.717) is 12.1 Å². The van der Waals surface area contributed by atoms with Crippen molar-refractivity contribution in [3.8, 4) is 5.75 Å². The second-order valence-electron chi connectivity index (χ2n) is 7.47. The number of carbonyl (C=O) groups is 2. The molecule has 4 aromatic rings. The molecular weight excluding hydrogens is 416 g/mol. The summed E-state index contributed by atoms with van der Waals surface area (Å²) in [6, 6.07) is 22.6. The Morgan fingerprint density at radius 2 is 1.73 bits per heavy atom. The highest BCUT2D eigenvalue weighted by atomic mass is 16.5. The van der Waals surface area contributed by atoms with Crippen molar-refractivity contribution in [3.05, 3.63) is 95.7 Å². The van der Waals surface area contributed by atoms with Crippen LogP contribution in [0.3, 0.4) is 0 Å². The van der Waals surface area contributed by atoms with Crippen molar-refractivity contribution in [2.75, 3.05) is 12.4 Å². The Hall–Kier alpha value is -4.39. The number of aromatic nitrogens is 1. The number of hydrogen-bond donors (Lipinski definition) is 2. The Bertz CT molecular complexity index is 1310. The Labute approximate surface area is 191 Å². The van der Waals surface area contributed by atoms with Crippen LogP contribution in [0.1, 0.15) is 33.2 Å². The highest BCUT2D eigenvalue weighted by Gasteiger charge is 2.09. The minimum atomic E-state index is -0.316. The van der Waals surface area contributed by atoms with Crippen molar-refractivity contribution >= 4 is 34.6 Å². The molecule has 0 aliphatic rings. The molecule has 0 aliphatic carbocycles. The average Bonchev–Trinajstić information content (AvgIpc) is 3.22. The minimum Gasteiger partial charge on any atom is -0.497 e. The van der Waals surface area contributed by atoms with E-state index in [1.54, 1.807) is 36.2 Å². The van der Waals surface area contributed by atoms with Gasteiger partial charge in [-0.05, 0) is 48.0 Å². The molecule has 7 heteroatoms. The number of amides is 1. The predicted octanol–water partition coefficient (Wildman–Crippen LogP) is 4.69. The fraction of sp³-hybridized carbons (Fsp3) is 0.115. The average molecular weight is 441 g/mol. The standard InChI is InChI=1S/C26H24N4O3/c1-18(31)30-17-21(24-5-3-4-6-25(24)30)16-28-29-26(32)20-9-11-22(12-10-20)27-15-19-7-13-23(33-2)14-8-19/h3-14,16-17,27H,15H2,1-2H3,(H,29,32). The molecule has 0 bridgehead atoms. The monoisotopic (exact) mass is 440 g/mol. The van der Waals surface area contributed by atoms with Crippen LogP contribution in [0.2, 0.25) is 0 Å². The molecule has 1 amide bonds. The van der Waals surface area contributed by atoms with Gasteiger partial charge in [0.15, 0.2) is 0 Å². The number of nitrogens with zero attached hydrogens (tertiary/aromatic N) is 2. The fourth-order valence-corrected chi connectivity index (χ4v) is 3.48. The zero-order chi connectivity index (χ0) is 23.2. The molecular formula is C26H24N4O3. The smallest absolute Gasteiger partial charge is 0.271 e. The van der Waals surface area contributed by atoms with Gasteiger partial charge < -0.3 is 10.1 Å². The number of methoxy groups -OCH3 is 1. The molecule has 0 spiro atoms. The van der Waals surface area contributed by atoms with Crippen LogP contribution in [0, 0.1) is 0 Å². The van der Waals surface area contributed by atoms with E-state index < -0.39 is 0 Å². The third kappa shape index (κ3) is 5.10. The number of para-hydroxylation sites is 1. The Balaban J connectivity index is 1.36. The van der Waals surface area contributed by atoms with E-state index in [4.69, 9.17) is 4.74 Å². The first-order valence-corrected chi connectivity index (χ1v) is 10.5. The van der Waals surface area contributed by atoms with Gasteiger partial charge in [-0.3, -0.25) is 14.2 Å². The summed E-state index contributed by atoms with van der Waals surface area (Å²) >= 11 is 0. The summed E-state index contributed by atoms with van der Waals surface area (Å²) in [5.74, 6) is 0.417. The summed E-state index contributed by atoms with van der Waals surface area (Å²) in [7, 11) is 1.64. The largest absolute Gasteiger partial charge is 0.497 e. The van der Waals surface area contributed by atoms with Crippen molar-refractivity contribution in [1.29, 1.82) is 0 Å². The fourth-order valence-electron chi connectivity index (χ4n) is 3.48. The molecule has 3 aromatic carbocycles. The van der Waals surface area contributed by atoms with E-state index in [0.717, 1.165) is 33.5 Å². The maximum Gasteiger partial charge on any atom is 0.271 e. The second-order valence-corrected chi connectivity index (χ2v) is 7.47. The lowest BCUT2D eigenvalue weighted by molar-refractivity contribution is 0.0937. The van der Waals surface area contributed by atoms with Crippen LogP contribution in [0.4, 0.5) is 5.69 Å². The van der Waals surface area contributed by atoms with Crippen LogP contribution in [-0.4, -0.2) is 29.7 Å². The lowest BCUT2D eigenvalue weighted by Crippen LogP contribution is -2.17. The van der Waals surface area contributed by atoms with Crippen LogP contribution >= 0.6 is 0 Å². The number of carbonyl (C=O) groups excluding carboxylic acids is 2. The molecule has 0 saturated heterocycles. The zero-order valence-electron chi connectivity index (χ0n) is 18.4. The molecule has 33 heavy (non-hydrogen) atoms. The maximum atomic E-state index is 12.4. The first kappa shape index (κ1) is 21.8. The van der Waals surface area contributed by atoms with Crippen LogP contribution in [0.25, 0.3) is 10.9 Å². The summed E-state index contributed by atoms with van der Waals surface area (Å²) < 4.78 is 6.73. The van der Waals surface area contributed by atoms with Gasteiger partial charge in [0, 0.05) is 41.9 Å². The molecule has 7 nitrogen and oxygen atoms in total. The maximum absolute atomic E-state index is 12.4. The number of hydrazone groups is 1. The topological polar surface area (TPSA) is 84.7 Å². The molecule has 1 heterocycles. The summed E-state index contributed by atoms with van der Waals surface area (Å²) in [6.45, 7) is 2.17. The summed E-state index contributed by atoms with van der Waals surface area (Å²) in [5.41, 5.74) is 6.62. The van der Waals surface area contributed by atoms with Crippen molar-refractivity contribution in [2.45, 2.75) is 13.5 Å². The summed E-state index contributed by atoms with van der Waals surface area (Å²) in [5, 5.41) is 8.29. The number of anilines is 1. The predicted molar refractivity (Wildman–Crippen MR) is 130 cm³/mol. The molecule has 0 fully saturated rings. The van der Waals surface area contributed by atoms with Crippen LogP contribution in [-0.2, 0) is 6.54 Å². The Morgan fingerprint density at radius 1 is 1.00 bits per heavy atom. The number of benzene rings is 3. The first-order chi connectivity index (χ1) is 16.0. The molecule has 0 unspecified atom stereocenters. The molecule has 0 aliphatic heterocycles. The van der Waals surface area contributed by atoms with Gasteiger partial charge in [0.25, 0.3) is 5.91 Å². The molecule has 4 rings (SSSR count). The highest BCUT2D eigenvalue weighted by Crippen LogP contribution is 2.20. The van der Waals surface area contributed by atoms with E-state index in [-0.39, 0.29) is 11.8 Å². The van der Waals surface area contributed by atoms with E-state index in [2.05, 4.69) is 15.8 Å². The number of ether oxygens (including phenoxy) is 1. The molecule has 2 N–H and O–H groups in total. The van der Waals surface area contributed by atoms with Crippen molar-refractivity contribution < 1.29 is 14.3 Å². The summed E-state index contributed by atoms with van der Waals surface area (Å²) in [6.07, 6.45) is 3.26. The van der Waals surface area contributed by atoms with Gasteiger partial charge in [-0.2, -0.15) is 5.10 Å². The van der Waals surface area contributed by atoms with Crippen molar-refractivity contribution in [3.63, 3.8) is 0 Å². The van der Waals surface area contributed by atoms with Gasteiger partial charge in [0.2, 0.25) is 5.91 Å². The number of fused-ring (bicyclic) bond motifs is 1. The quantitative estimate of drug-likeness (QED) is 0.323. The normalized spacial score (nSPS) is 11.0. The molecule has 0 saturated carbocycles. The van der Waals surface area contributed by atoms with Gasteiger partial charge in [0.1, 0.15) is 5.75 Å². The van der Waals surface area contributed by atoms with Crippen molar-refractivity contribution in [2.24, 2.45) is 5.10 Å². The SMILES string of the molecule is COc1ccc(CNc2ccc(C(=O)NN=Cc3cn(C(C)=O)c4ccccc34)cc2)cc1. The Kier molecular flexibility index (Phi) is 6.50. The van der Waals surface area contributed by atoms with Crippen molar-refractivity contribution in [1.82, 2.24) is 9.99 Å². The minimum absolute atomic E-state index is 0.0874. The number of nitrogens with one attached hydrogen (secondary N) is 2. The van der Waals surface area contributed by atoms with Gasteiger partial charge in [-0.15, -0.1) is 0 Å². The van der Waals surface area contributed by atoms with Gasteiger partial charge >= 0.3 is 0 Å². The molecule has 1 aromatic heterocycles. The lowest BCUT2D eigenvalue weighted by atomic mass is 10.2. The number of hydrogen-bond acceptors (Lipinski definition) is 5. The van der Waals surface area contributed by atoms with E-state index in [1.807, 2.05) is 60.7 Å². The second kappa shape index (κ2) is 9.82. The van der Waals surface area contributed by atoms with Crippen LogP contribution in [0.5, 0.6) is 5.75 Å². The van der Waals surface area contributed by atoms with E-state index in [9.17, 15) is 9.59 Å². The van der Waals surface area contributed by atoms with Crippen LogP contribution in [0.15, 0.2) is 84.1 Å². The molecule has 166 valence electrons. The van der Waals surface area contributed by atoms with E-state index in [1.165, 1.54) is 6.92 Å². The van der Waals surface area contributed by atoms with Crippen LogP contribution < -0.4 is 15.5 Å². The van der Waals surface area contributed by atoms with Gasteiger partial charge in [0.05, 0.1) is 18.8 Å². The zero-order valence-corrected chi connectivity index (χ0v) is 18.4. The highest BCUT2D eigenvalue weighted by molar-refractivity contribution is 6.03. The Morgan fingerprint density at radius 3 is 2.42 bits per heavy atom. The van der Waals surface area contributed by atoms with Gasteiger partial charge in [-0.25, -0.2) is 5.43 Å². The first-order valence-electron chi connectivity index (χ1n) is 10.5. The van der Waals surface area contributed by atoms with Gasteiger partial charge in [-0.1, -0.05) is 30.3 Å². The molecule has 0 atom stereocenters. The third-order valence-corrected chi connectivity index (χ3v) is 5.25. The lowest BCUT2D eigenvalue weighted by Gasteiger charge is -2.08. The molecule has 0 radical (unpaired) electrons. The van der Waals surface area contributed by atoms with E-state index >= 15 is 0 Å².